The fourth-order valence-electron chi connectivity index (χ4n) is 2.17. The van der Waals surface area contributed by atoms with Crippen molar-refractivity contribution in [2.75, 3.05) is 5.32 Å². The van der Waals surface area contributed by atoms with E-state index in [9.17, 15) is 9.18 Å². The van der Waals surface area contributed by atoms with Gasteiger partial charge < -0.3 is 5.32 Å². The number of hydrogen-bond acceptors (Lipinski definition) is 5. The van der Waals surface area contributed by atoms with Crippen molar-refractivity contribution in [3.05, 3.63) is 64.6 Å². The number of aromatic nitrogens is 4. The number of halogens is 2. The van der Waals surface area contributed by atoms with Crippen molar-refractivity contribution < 1.29 is 9.18 Å². The summed E-state index contributed by atoms with van der Waals surface area (Å²) in [6.45, 7) is 1.76. The zero-order chi connectivity index (χ0) is 18.5. The molecule has 26 heavy (non-hydrogen) atoms. The summed E-state index contributed by atoms with van der Waals surface area (Å²) in [7, 11) is 0. The first-order valence-electron chi connectivity index (χ1n) is 7.75. The largest absolute Gasteiger partial charge is 0.323 e. The number of para-hydroxylation sites is 1. The minimum Gasteiger partial charge on any atom is -0.323 e. The highest BCUT2D eigenvalue weighted by Gasteiger charge is 2.17. The van der Waals surface area contributed by atoms with Crippen molar-refractivity contribution >= 4 is 39.3 Å². The smallest absolute Gasteiger partial charge is 0.237 e. The SMILES string of the molecule is CC(SCc1nnnn1-c1ccccc1)C(=O)Nc1ccc(Br)cc1F. The molecule has 134 valence electrons. The topological polar surface area (TPSA) is 72.7 Å². The molecule has 1 heterocycles. The number of hydrogen-bond donors (Lipinski definition) is 1. The van der Waals surface area contributed by atoms with Crippen LogP contribution in [0.5, 0.6) is 0 Å². The molecule has 0 spiro atoms. The van der Waals surface area contributed by atoms with E-state index in [2.05, 4.69) is 36.8 Å². The van der Waals surface area contributed by atoms with Crippen molar-refractivity contribution in [2.24, 2.45) is 0 Å². The van der Waals surface area contributed by atoms with Gasteiger partial charge in [-0.2, -0.15) is 4.68 Å². The number of nitrogens with one attached hydrogen (secondary N) is 1. The van der Waals surface area contributed by atoms with Crippen LogP contribution in [0.4, 0.5) is 10.1 Å². The molecule has 9 heteroatoms. The molecule has 0 saturated heterocycles. The fraction of sp³-hybridized carbons (Fsp3) is 0.176. The van der Waals surface area contributed by atoms with Crippen LogP contribution >= 0.6 is 27.7 Å². The van der Waals surface area contributed by atoms with Crippen LogP contribution in [0.2, 0.25) is 0 Å². The van der Waals surface area contributed by atoms with Gasteiger partial charge in [0.05, 0.1) is 22.4 Å². The Bertz CT molecular complexity index is 905. The van der Waals surface area contributed by atoms with Gasteiger partial charge in [-0.05, 0) is 47.7 Å². The zero-order valence-corrected chi connectivity index (χ0v) is 16.2. The third-order valence-corrected chi connectivity index (χ3v) is 5.19. The molecule has 0 radical (unpaired) electrons. The summed E-state index contributed by atoms with van der Waals surface area (Å²) in [6.07, 6.45) is 0. The molecule has 0 bridgehead atoms. The first-order valence-corrected chi connectivity index (χ1v) is 9.59. The number of anilines is 1. The Labute approximate surface area is 162 Å². The lowest BCUT2D eigenvalue weighted by Crippen LogP contribution is -2.23. The minimum atomic E-state index is -0.488. The third kappa shape index (κ3) is 4.47. The van der Waals surface area contributed by atoms with Gasteiger partial charge in [0.2, 0.25) is 5.91 Å². The van der Waals surface area contributed by atoms with E-state index in [0.717, 1.165) is 5.69 Å². The molecule has 2 aromatic carbocycles. The lowest BCUT2D eigenvalue weighted by molar-refractivity contribution is -0.115. The second-order valence-electron chi connectivity index (χ2n) is 5.41. The summed E-state index contributed by atoms with van der Waals surface area (Å²) >= 11 is 4.56. The number of nitrogens with zero attached hydrogens (tertiary/aromatic N) is 4. The predicted molar refractivity (Wildman–Crippen MR) is 103 cm³/mol. The van der Waals surface area contributed by atoms with Crippen LogP contribution in [0.3, 0.4) is 0 Å². The van der Waals surface area contributed by atoms with Gasteiger partial charge >= 0.3 is 0 Å². The number of carbonyl (C=O) groups excluding carboxylic acids is 1. The Balaban J connectivity index is 1.61. The summed E-state index contributed by atoms with van der Waals surface area (Å²) < 4.78 is 16.1. The Morgan fingerprint density at radius 3 is 2.81 bits per heavy atom. The lowest BCUT2D eigenvalue weighted by atomic mass is 10.3. The highest BCUT2D eigenvalue weighted by atomic mass is 79.9. The van der Waals surface area contributed by atoms with Crippen molar-refractivity contribution in [2.45, 2.75) is 17.9 Å². The second kappa shape index (κ2) is 8.41. The van der Waals surface area contributed by atoms with Crippen LogP contribution in [0.15, 0.2) is 53.0 Å². The van der Waals surface area contributed by atoms with Crippen molar-refractivity contribution in [3.8, 4) is 5.69 Å². The maximum atomic E-state index is 13.8. The first kappa shape index (κ1) is 18.5. The van der Waals surface area contributed by atoms with Crippen LogP contribution in [0, 0.1) is 5.82 Å². The number of rotatable bonds is 6. The van der Waals surface area contributed by atoms with Crippen molar-refractivity contribution in [1.82, 2.24) is 20.2 Å². The Morgan fingerprint density at radius 2 is 2.08 bits per heavy atom. The third-order valence-electron chi connectivity index (χ3n) is 3.56. The molecule has 1 aromatic heterocycles. The number of carbonyl (C=O) groups is 1. The van der Waals surface area contributed by atoms with E-state index in [1.807, 2.05) is 30.3 Å². The highest BCUT2D eigenvalue weighted by molar-refractivity contribution is 9.10. The molecule has 0 aliphatic heterocycles. The highest BCUT2D eigenvalue weighted by Crippen LogP contribution is 2.22. The normalized spacial score (nSPS) is 12.0. The molecule has 0 saturated carbocycles. The van der Waals surface area contributed by atoms with Crippen LogP contribution < -0.4 is 5.32 Å². The molecule has 3 aromatic rings. The van der Waals surface area contributed by atoms with E-state index < -0.39 is 11.1 Å². The van der Waals surface area contributed by atoms with Gasteiger partial charge in [0.1, 0.15) is 5.82 Å². The Hall–Kier alpha value is -2.26. The van der Waals surface area contributed by atoms with Gasteiger partial charge in [0.25, 0.3) is 0 Å². The number of amides is 1. The molecule has 0 aliphatic carbocycles. The van der Waals surface area contributed by atoms with Gasteiger partial charge in [-0.3, -0.25) is 4.79 Å². The Morgan fingerprint density at radius 1 is 1.31 bits per heavy atom. The van der Waals surface area contributed by atoms with E-state index in [1.54, 1.807) is 17.7 Å². The van der Waals surface area contributed by atoms with Crippen molar-refractivity contribution in [1.29, 1.82) is 0 Å². The Kier molecular flexibility index (Phi) is 6.00. The molecule has 0 fully saturated rings. The fourth-order valence-corrected chi connectivity index (χ4v) is 3.29. The van der Waals surface area contributed by atoms with Crippen LogP contribution in [0.1, 0.15) is 12.7 Å². The van der Waals surface area contributed by atoms with E-state index in [1.165, 1.54) is 23.9 Å². The molecular weight excluding hydrogens is 421 g/mol. The van der Waals surface area contributed by atoms with Crippen molar-refractivity contribution in [3.63, 3.8) is 0 Å². The van der Waals surface area contributed by atoms with Gasteiger partial charge in [0, 0.05) is 4.47 Å². The van der Waals surface area contributed by atoms with E-state index in [0.29, 0.717) is 16.0 Å². The monoisotopic (exact) mass is 435 g/mol. The molecule has 1 amide bonds. The minimum absolute atomic E-state index is 0.153. The summed E-state index contributed by atoms with van der Waals surface area (Å²) in [5.74, 6) is 0.308. The quantitative estimate of drug-likeness (QED) is 0.636. The first-order chi connectivity index (χ1) is 12.5. The van der Waals surface area contributed by atoms with E-state index >= 15 is 0 Å². The summed E-state index contributed by atoms with van der Waals surface area (Å²) in [6, 6.07) is 14.0. The zero-order valence-electron chi connectivity index (χ0n) is 13.8. The number of tetrazole rings is 1. The molecule has 1 atom stereocenters. The summed E-state index contributed by atoms with van der Waals surface area (Å²) in [5, 5.41) is 13.9. The second-order valence-corrected chi connectivity index (χ2v) is 7.65. The molecule has 1 N–H and O–H groups in total. The van der Waals surface area contributed by atoms with Gasteiger partial charge in [-0.25, -0.2) is 4.39 Å². The molecule has 6 nitrogen and oxygen atoms in total. The van der Waals surface area contributed by atoms with Gasteiger partial charge in [-0.1, -0.05) is 34.1 Å². The summed E-state index contributed by atoms with van der Waals surface area (Å²) in [4.78, 5) is 12.3. The number of benzene rings is 2. The molecule has 3 rings (SSSR count). The molecule has 0 aliphatic rings. The predicted octanol–water partition coefficient (Wildman–Crippen LogP) is 3.82. The summed E-state index contributed by atoms with van der Waals surface area (Å²) in [5.41, 5.74) is 1.00. The van der Waals surface area contributed by atoms with Crippen LogP contribution in [-0.4, -0.2) is 31.4 Å². The van der Waals surface area contributed by atoms with E-state index in [4.69, 9.17) is 0 Å². The molecule has 1 unspecified atom stereocenters. The van der Waals surface area contributed by atoms with E-state index in [-0.39, 0.29) is 11.6 Å². The maximum absolute atomic E-state index is 13.8. The lowest BCUT2D eigenvalue weighted by Gasteiger charge is -2.12. The number of thioether (sulfide) groups is 1. The average molecular weight is 436 g/mol. The standard InChI is InChI=1S/C17H15BrFN5OS/c1-11(17(25)20-15-8-7-12(18)9-14(15)19)26-10-16-21-22-23-24(16)13-5-3-2-4-6-13/h2-9,11H,10H2,1H3,(H,20,25). The maximum Gasteiger partial charge on any atom is 0.237 e. The average Bonchev–Trinajstić information content (AvgIpc) is 3.11. The van der Waals surface area contributed by atoms with Crippen LogP contribution in [-0.2, 0) is 10.5 Å². The molecular formula is C17H15BrFN5OS. The van der Waals surface area contributed by atoms with Crippen LogP contribution in [0.25, 0.3) is 5.69 Å². The van der Waals surface area contributed by atoms with Gasteiger partial charge in [-0.15, -0.1) is 16.9 Å². The van der Waals surface area contributed by atoms with Gasteiger partial charge in [0.15, 0.2) is 5.82 Å².